The van der Waals surface area contributed by atoms with Crippen LogP contribution < -0.4 is 0 Å². The molecule has 1 heterocycles. The highest BCUT2D eigenvalue weighted by atomic mass is 79.9. The molecule has 6 heteroatoms. The Morgan fingerprint density at radius 3 is 2.53 bits per heavy atom. The fraction of sp³-hybridized carbons (Fsp3) is 0.444. The Balaban J connectivity index is 3.01. The first-order valence-corrected chi connectivity index (χ1v) is 6.42. The van der Waals surface area contributed by atoms with E-state index >= 15 is 0 Å². The topological polar surface area (TPSA) is 67.3 Å². The maximum atomic E-state index is 10.7. The molecule has 0 unspecified atom stereocenters. The van der Waals surface area contributed by atoms with Crippen LogP contribution in [0.3, 0.4) is 0 Å². The first kappa shape index (κ1) is 12.6. The Morgan fingerprint density at radius 2 is 2.07 bits per heavy atom. The zero-order valence-corrected chi connectivity index (χ0v) is 10.8. The quantitative estimate of drug-likeness (QED) is 0.822. The first-order chi connectivity index (χ1) is 6.93. The summed E-state index contributed by atoms with van der Waals surface area (Å²) in [6, 6.07) is 3.35. The number of aliphatic hydroxyl groups excluding tert-OH is 1. The van der Waals surface area contributed by atoms with Crippen molar-refractivity contribution in [2.75, 3.05) is 0 Å². The summed E-state index contributed by atoms with van der Waals surface area (Å²) in [6.45, 7) is 3.23. The van der Waals surface area contributed by atoms with Crippen LogP contribution in [0.15, 0.2) is 16.6 Å². The van der Waals surface area contributed by atoms with Gasteiger partial charge in [-0.1, -0.05) is 0 Å². The molecule has 0 bridgehead atoms. The largest absolute Gasteiger partial charge is 0.385 e. The summed E-state index contributed by atoms with van der Waals surface area (Å²) in [5.74, 6) is 0. The van der Waals surface area contributed by atoms with Gasteiger partial charge < -0.3 is 5.11 Å². The summed E-state index contributed by atoms with van der Waals surface area (Å²) in [5, 5.41) is 8.89. The van der Waals surface area contributed by atoms with Gasteiger partial charge in [-0.25, -0.2) is 8.42 Å². The molecule has 4 nitrogen and oxygen atoms in total. The minimum atomic E-state index is -2.64. The molecule has 2 atom stereocenters. The highest BCUT2D eigenvalue weighted by molar-refractivity contribution is 9.10. The molecule has 0 radical (unpaired) electrons. The molecule has 0 saturated heterocycles. The SMILES string of the molecule is Cc1nc([C@@H](O)[C@H](C)[SH](=O)=O)ccc1Br. The number of thiol groups is 1. The van der Waals surface area contributed by atoms with Crippen molar-refractivity contribution in [3.05, 3.63) is 28.0 Å². The molecule has 15 heavy (non-hydrogen) atoms. The van der Waals surface area contributed by atoms with E-state index in [4.69, 9.17) is 0 Å². The fourth-order valence-electron chi connectivity index (χ4n) is 1.09. The van der Waals surface area contributed by atoms with Crippen molar-refractivity contribution in [3.8, 4) is 0 Å². The maximum absolute atomic E-state index is 10.7. The van der Waals surface area contributed by atoms with Crippen molar-refractivity contribution in [2.45, 2.75) is 25.2 Å². The van der Waals surface area contributed by atoms with Gasteiger partial charge in [0.1, 0.15) is 16.8 Å². The molecule has 1 N–H and O–H groups in total. The van der Waals surface area contributed by atoms with E-state index in [1.165, 1.54) is 6.92 Å². The van der Waals surface area contributed by atoms with Gasteiger partial charge in [0.15, 0.2) is 0 Å². The van der Waals surface area contributed by atoms with Crippen LogP contribution in [0.5, 0.6) is 0 Å². The molecular weight excluding hydrogens is 282 g/mol. The maximum Gasteiger partial charge on any atom is 0.145 e. The first-order valence-electron chi connectivity index (χ1n) is 4.38. The molecule has 0 amide bonds. The van der Waals surface area contributed by atoms with Gasteiger partial charge in [-0.2, -0.15) is 0 Å². The number of aryl methyl sites for hydroxylation is 1. The van der Waals surface area contributed by atoms with Gasteiger partial charge in [-0.05, 0) is 41.9 Å². The van der Waals surface area contributed by atoms with Gasteiger partial charge in [0.05, 0.1) is 16.6 Å². The van der Waals surface area contributed by atoms with Gasteiger partial charge in [-0.15, -0.1) is 0 Å². The zero-order chi connectivity index (χ0) is 11.6. The van der Waals surface area contributed by atoms with Gasteiger partial charge in [-0.3, -0.25) is 4.98 Å². The van der Waals surface area contributed by atoms with Crippen molar-refractivity contribution in [2.24, 2.45) is 0 Å². The molecule has 0 saturated carbocycles. The molecule has 1 rings (SSSR count). The Kier molecular flexibility index (Phi) is 4.24. The van der Waals surface area contributed by atoms with Crippen molar-refractivity contribution in [1.29, 1.82) is 0 Å². The predicted molar refractivity (Wildman–Crippen MR) is 61.4 cm³/mol. The Morgan fingerprint density at radius 1 is 1.47 bits per heavy atom. The van der Waals surface area contributed by atoms with Crippen LogP contribution >= 0.6 is 15.9 Å². The van der Waals surface area contributed by atoms with Gasteiger partial charge in [0.2, 0.25) is 0 Å². The number of hydrogen-bond acceptors (Lipinski definition) is 4. The second-order valence-electron chi connectivity index (χ2n) is 3.27. The Hall–Kier alpha value is -0.460. The standard InChI is InChI=1S/C9H12BrNO3S/c1-5-7(10)3-4-8(11-5)9(12)6(2)15(13)14/h3-4,6,9,12,15H,1-2H3/t6-,9-/m0/s1. The summed E-state index contributed by atoms with van der Waals surface area (Å²) >= 11 is 3.28. The summed E-state index contributed by atoms with van der Waals surface area (Å²) < 4.78 is 22.2. The second kappa shape index (κ2) is 5.05. The van der Waals surface area contributed by atoms with E-state index in [1.54, 1.807) is 19.1 Å². The lowest BCUT2D eigenvalue weighted by atomic mass is 10.1. The Labute approximate surface area is 98.4 Å². The van der Waals surface area contributed by atoms with Gasteiger partial charge >= 0.3 is 0 Å². The van der Waals surface area contributed by atoms with Crippen LogP contribution in [0.2, 0.25) is 0 Å². The average Bonchev–Trinajstić information content (AvgIpc) is 2.19. The summed E-state index contributed by atoms with van der Waals surface area (Å²) in [5.41, 5.74) is 1.10. The van der Waals surface area contributed by atoms with Crippen LogP contribution in [0, 0.1) is 6.92 Å². The lowest BCUT2D eigenvalue weighted by Gasteiger charge is -2.13. The van der Waals surface area contributed by atoms with E-state index in [-0.39, 0.29) is 0 Å². The monoisotopic (exact) mass is 293 g/mol. The third-order valence-electron chi connectivity index (χ3n) is 2.14. The van der Waals surface area contributed by atoms with E-state index in [0.29, 0.717) is 5.69 Å². The van der Waals surface area contributed by atoms with E-state index in [9.17, 15) is 13.5 Å². The number of hydrogen-bond donors (Lipinski definition) is 2. The molecule has 1 aromatic rings. The fourth-order valence-corrected chi connectivity index (χ4v) is 1.69. The van der Waals surface area contributed by atoms with Gasteiger partial charge in [0, 0.05) is 4.47 Å². The number of aromatic nitrogens is 1. The van der Waals surface area contributed by atoms with Crippen LogP contribution in [0.4, 0.5) is 0 Å². The molecule has 0 aliphatic rings. The molecule has 0 spiro atoms. The van der Waals surface area contributed by atoms with Crippen LogP contribution in [-0.2, 0) is 10.7 Å². The number of aliphatic hydroxyl groups is 1. The highest BCUT2D eigenvalue weighted by Gasteiger charge is 2.20. The van der Waals surface area contributed by atoms with Crippen molar-refractivity contribution < 1.29 is 13.5 Å². The van der Waals surface area contributed by atoms with Crippen LogP contribution in [0.25, 0.3) is 0 Å². The van der Waals surface area contributed by atoms with E-state index < -0.39 is 22.1 Å². The van der Waals surface area contributed by atoms with Crippen molar-refractivity contribution in [3.63, 3.8) is 0 Å². The van der Waals surface area contributed by atoms with E-state index in [2.05, 4.69) is 20.9 Å². The summed E-state index contributed by atoms with van der Waals surface area (Å²) in [6.07, 6.45) is -1.07. The highest BCUT2D eigenvalue weighted by Crippen LogP contribution is 2.20. The average molecular weight is 294 g/mol. The van der Waals surface area contributed by atoms with Crippen LogP contribution in [0.1, 0.15) is 24.4 Å². The number of pyridine rings is 1. The summed E-state index contributed by atoms with van der Waals surface area (Å²) in [4.78, 5) is 4.11. The second-order valence-corrected chi connectivity index (χ2v) is 5.51. The van der Waals surface area contributed by atoms with Crippen molar-refractivity contribution >= 4 is 26.6 Å². The minimum Gasteiger partial charge on any atom is -0.385 e. The van der Waals surface area contributed by atoms with E-state index in [0.717, 1.165) is 10.2 Å². The molecule has 84 valence electrons. The third-order valence-corrected chi connectivity index (χ3v) is 3.92. The number of nitrogens with zero attached hydrogens (tertiary/aromatic N) is 1. The van der Waals surface area contributed by atoms with Gasteiger partial charge in [0.25, 0.3) is 0 Å². The lowest BCUT2D eigenvalue weighted by Crippen LogP contribution is -2.17. The molecule has 0 aliphatic carbocycles. The smallest absolute Gasteiger partial charge is 0.145 e. The van der Waals surface area contributed by atoms with E-state index in [1.807, 2.05) is 0 Å². The molecule has 1 aromatic heterocycles. The molecule has 0 fully saturated rings. The molecular formula is C9H12BrNO3S. The lowest BCUT2D eigenvalue weighted by molar-refractivity contribution is 0.172. The normalized spacial score (nSPS) is 15.3. The Bertz CT molecular complexity index is 425. The van der Waals surface area contributed by atoms with Crippen molar-refractivity contribution in [1.82, 2.24) is 4.98 Å². The third kappa shape index (κ3) is 2.99. The number of rotatable bonds is 3. The minimum absolute atomic E-state index is 0.377. The summed E-state index contributed by atoms with van der Waals surface area (Å²) in [7, 11) is -2.64. The predicted octanol–water partition coefficient (Wildman–Crippen LogP) is 1.19. The zero-order valence-electron chi connectivity index (χ0n) is 8.35. The van der Waals surface area contributed by atoms with Crippen LogP contribution in [-0.4, -0.2) is 23.8 Å². The number of halogens is 1. The molecule has 0 aromatic carbocycles. The molecule has 0 aliphatic heterocycles.